The maximum atomic E-state index is 11.6. The predicted octanol–water partition coefficient (Wildman–Crippen LogP) is 1.82. The SMILES string of the molecule is COC(=O)C1CNCC1(C)CCC(C)C. The van der Waals surface area contributed by atoms with Gasteiger partial charge in [-0.05, 0) is 17.8 Å². The Bertz CT molecular complexity index is 228. The zero-order valence-corrected chi connectivity index (χ0v) is 10.3. The lowest BCUT2D eigenvalue weighted by atomic mass is 9.75. The standard InChI is InChI=1S/C12H23NO2/c1-9(2)5-6-12(3)8-13-7-10(12)11(14)15-4/h9-10,13H,5-8H2,1-4H3. The van der Waals surface area contributed by atoms with Crippen molar-refractivity contribution in [2.75, 3.05) is 20.2 Å². The van der Waals surface area contributed by atoms with Gasteiger partial charge in [-0.25, -0.2) is 0 Å². The molecule has 0 aliphatic carbocycles. The average Bonchev–Trinajstić information content (AvgIpc) is 2.57. The van der Waals surface area contributed by atoms with E-state index in [1.165, 1.54) is 13.5 Å². The molecule has 0 spiro atoms. The number of nitrogens with one attached hydrogen (secondary N) is 1. The molecule has 1 aliphatic heterocycles. The van der Waals surface area contributed by atoms with Crippen LogP contribution in [0.1, 0.15) is 33.6 Å². The van der Waals surface area contributed by atoms with E-state index in [9.17, 15) is 4.79 Å². The second-order valence-electron chi connectivity index (χ2n) is 5.29. The molecule has 1 aliphatic rings. The molecule has 15 heavy (non-hydrogen) atoms. The second kappa shape index (κ2) is 4.97. The van der Waals surface area contributed by atoms with Gasteiger partial charge in [0.05, 0.1) is 13.0 Å². The third kappa shape index (κ3) is 2.94. The Morgan fingerprint density at radius 2 is 2.27 bits per heavy atom. The van der Waals surface area contributed by atoms with Crippen LogP contribution in [0.3, 0.4) is 0 Å². The Hall–Kier alpha value is -0.570. The van der Waals surface area contributed by atoms with Gasteiger partial charge in [0.25, 0.3) is 0 Å². The molecule has 0 bridgehead atoms. The predicted molar refractivity (Wildman–Crippen MR) is 60.6 cm³/mol. The summed E-state index contributed by atoms with van der Waals surface area (Å²) in [5.74, 6) is 0.660. The van der Waals surface area contributed by atoms with E-state index in [2.05, 4.69) is 26.1 Å². The minimum Gasteiger partial charge on any atom is -0.469 e. The summed E-state index contributed by atoms with van der Waals surface area (Å²) in [6, 6.07) is 0. The molecule has 1 N–H and O–H groups in total. The van der Waals surface area contributed by atoms with Crippen LogP contribution in [0.2, 0.25) is 0 Å². The van der Waals surface area contributed by atoms with Crippen LogP contribution in [0.15, 0.2) is 0 Å². The van der Waals surface area contributed by atoms with Crippen molar-refractivity contribution >= 4 is 5.97 Å². The number of carbonyl (C=O) groups is 1. The molecular formula is C12H23NO2. The van der Waals surface area contributed by atoms with Gasteiger partial charge in [0, 0.05) is 13.1 Å². The van der Waals surface area contributed by atoms with E-state index < -0.39 is 0 Å². The topological polar surface area (TPSA) is 38.3 Å². The molecule has 0 radical (unpaired) electrons. The van der Waals surface area contributed by atoms with Crippen molar-refractivity contribution in [3.05, 3.63) is 0 Å². The molecule has 2 atom stereocenters. The van der Waals surface area contributed by atoms with Crippen molar-refractivity contribution in [1.82, 2.24) is 5.32 Å². The Kier molecular flexibility index (Phi) is 4.14. The summed E-state index contributed by atoms with van der Waals surface area (Å²) < 4.78 is 4.86. The highest BCUT2D eigenvalue weighted by Gasteiger charge is 2.43. The molecule has 1 rings (SSSR count). The molecule has 0 aromatic rings. The summed E-state index contributed by atoms with van der Waals surface area (Å²) in [6.07, 6.45) is 2.27. The Morgan fingerprint density at radius 1 is 1.60 bits per heavy atom. The molecular weight excluding hydrogens is 190 g/mol. The maximum absolute atomic E-state index is 11.6. The van der Waals surface area contributed by atoms with Gasteiger partial charge in [-0.1, -0.05) is 27.2 Å². The first-order valence-corrected chi connectivity index (χ1v) is 5.78. The van der Waals surface area contributed by atoms with Crippen LogP contribution in [0.5, 0.6) is 0 Å². The van der Waals surface area contributed by atoms with Gasteiger partial charge < -0.3 is 10.1 Å². The van der Waals surface area contributed by atoms with Crippen molar-refractivity contribution in [1.29, 1.82) is 0 Å². The zero-order valence-electron chi connectivity index (χ0n) is 10.3. The molecule has 0 amide bonds. The fourth-order valence-electron chi connectivity index (χ4n) is 2.26. The van der Waals surface area contributed by atoms with Crippen LogP contribution >= 0.6 is 0 Å². The van der Waals surface area contributed by atoms with E-state index >= 15 is 0 Å². The largest absolute Gasteiger partial charge is 0.469 e. The van der Waals surface area contributed by atoms with Crippen LogP contribution in [0.4, 0.5) is 0 Å². The van der Waals surface area contributed by atoms with Crippen LogP contribution in [-0.4, -0.2) is 26.2 Å². The van der Waals surface area contributed by atoms with E-state index in [1.54, 1.807) is 0 Å². The lowest BCUT2D eigenvalue weighted by molar-refractivity contribution is -0.148. The van der Waals surface area contributed by atoms with Crippen LogP contribution < -0.4 is 5.32 Å². The number of methoxy groups -OCH3 is 1. The van der Waals surface area contributed by atoms with E-state index in [0.717, 1.165) is 19.5 Å². The van der Waals surface area contributed by atoms with Crippen molar-refractivity contribution in [2.45, 2.75) is 33.6 Å². The monoisotopic (exact) mass is 213 g/mol. The summed E-state index contributed by atoms with van der Waals surface area (Å²) in [6.45, 7) is 8.33. The van der Waals surface area contributed by atoms with Crippen molar-refractivity contribution in [3.63, 3.8) is 0 Å². The first kappa shape index (κ1) is 12.5. The molecule has 1 heterocycles. The van der Waals surface area contributed by atoms with Gasteiger partial charge in [-0.2, -0.15) is 0 Å². The van der Waals surface area contributed by atoms with Crippen LogP contribution in [0, 0.1) is 17.3 Å². The Morgan fingerprint density at radius 3 is 2.80 bits per heavy atom. The number of hydrogen-bond acceptors (Lipinski definition) is 3. The average molecular weight is 213 g/mol. The minimum atomic E-state index is -0.0637. The molecule has 0 aromatic heterocycles. The fraction of sp³-hybridized carbons (Fsp3) is 0.917. The molecule has 3 heteroatoms. The highest BCUT2D eigenvalue weighted by Crippen LogP contribution is 2.37. The fourth-order valence-corrected chi connectivity index (χ4v) is 2.26. The van der Waals surface area contributed by atoms with Crippen LogP contribution in [-0.2, 0) is 9.53 Å². The lowest BCUT2D eigenvalue weighted by Crippen LogP contribution is -2.33. The smallest absolute Gasteiger partial charge is 0.310 e. The van der Waals surface area contributed by atoms with E-state index in [-0.39, 0.29) is 17.3 Å². The Labute approximate surface area is 92.6 Å². The number of rotatable bonds is 4. The normalized spacial score (nSPS) is 30.9. The lowest BCUT2D eigenvalue weighted by Gasteiger charge is -2.29. The van der Waals surface area contributed by atoms with Gasteiger partial charge in [0.2, 0.25) is 0 Å². The maximum Gasteiger partial charge on any atom is 0.310 e. The second-order valence-corrected chi connectivity index (χ2v) is 5.29. The molecule has 0 saturated carbocycles. The van der Waals surface area contributed by atoms with Gasteiger partial charge >= 0.3 is 5.97 Å². The molecule has 0 aromatic carbocycles. The third-order valence-electron chi connectivity index (χ3n) is 3.50. The Balaban J connectivity index is 2.60. The molecule has 88 valence electrons. The van der Waals surface area contributed by atoms with Crippen LogP contribution in [0.25, 0.3) is 0 Å². The molecule has 1 fully saturated rings. The molecule has 3 nitrogen and oxygen atoms in total. The molecule has 2 unspecified atom stereocenters. The number of hydrogen-bond donors (Lipinski definition) is 1. The zero-order chi connectivity index (χ0) is 11.5. The van der Waals surface area contributed by atoms with Gasteiger partial charge in [-0.15, -0.1) is 0 Å². The van der Waals surface area contributed by atoms with E-state index in [4.69, 9.17) is 4.74 Å². The summed E-state index contributed by atoms with van der Waals surface area (Å²) in [7, 11) is 1.48. The first-order chi connectivity index (χ1) is 6.99. The van der Waals surface area contributed by atoms with E-state index in [0.29, 0.717) is 5.92 Å². The highest BCUT2D eigenvalue weighted by molar-refractivity contribution is 5.74. The van der Waals surface area contributed by atoms with Crippen molar-refractivity contribution < 1.29 is 9.53 Å². The highest BCUT2D eigenvalue weighted by atomic mass is 16.5. The first-order valence-electron chi connectivity index (χ1n) is 5.78. The summed E-state index contributed by atoms with van der Waals surface area (Å²) in [5, 5.41) is 3.30. The van der Waals surface area contributed by atoms with Crippen molar-refractivity contribution in [2.24, 2.45) is 17.3 Å². The quantitative estimate of drug-likeness (QED) is 0.724. The summed E-state index contributed by atoms with van der Waals surface area (Å²) in [4.78, 5) is 11.6. The van der Waals surface area contributed by atoms with Gasteiger partial charge in [0.1, 0.15) is 0 Å². The van der Waals surface area contributed by atoms with Gasteiger partial charge in [-0.3, -0.25) is 4.79 Å². The number of esters is 1. The van der Waals surface area contributed by atoms with Gasteiger partial charge in [0.15, 0.2) is 0 Å². The molecule has 1 saturated heterocycles. The summed E-state index contributed by atoms with van der Waals surface area (Å²) in [5.41, 5.74) is 0.0807. The number of ether oxygens (including phenoxy) is 1. The minimum absolute atomic E-state index is 0.0289. The van der Waals surface area contributed by atoms with Crippen molar-refractivity contribution in [3.8, 4) is 0 Å². The third-order valence-corrected chi connectivity index (χ3v) is 3.50. The summed E-state index contributed by atoms with van der Waals surface area (Å²) >= 11 is 0. The number of carbonyl (C=O) groups excluding carboxylic acids is 1. The van der Waals surface area contributed by atoms with E-state index in [1.807, 2.05) is 0 Å².